The standard InChI is InChI=1S/C17H23Cl2NO.C2HF3O2/c1-11(12-4-6-21-7-5-12)20-15-8-14(9-15)13-2-3-16(18)17(19)10-13;3-2(4,5)1(6)7/h2-3,10-12,14-15,20H,4-9H2,1H3;(H,6,7). The highest BCUT2D eigenvalue weighted by Gasteiger charge is 2.38. The number of hydrogen-bond donors (Lipinski definition) is 2. The molecule has 1 unspecified atom stereocenters. The fourth-order valence-electron chi connectivity index (χ4n) is 3.52. The third kappa shape index (κ3) is 6.79. The van der Waals surface area contributed by atoms with Gasteiger partial charge in [-0.25, -0.2) is 4.79 Å². The van der Waals surface area contributed by atoms with Gasteiger partial charge in [-0.3, -0.25) is 0 Å². The lowest BCUT2D eigenvalue weighted by Crippen LogP contribution is -2.48. The van der Waals surface area contributed by atoms with Crippen molar-refractivity contribution >= 4 is 29.2 Å². The van der Waals surface area contributed by atoms with Gasteiger partial charge in [-0.1, -0.05) is 29.3 Å². The smallest absolute Gasteiger partial charge is 0.475 e. The van der Waals surface area contributed by atoms with Gasteiger partial charge in [-0.05, 0) is 62.1 Å². The summed E-state index contributed by atoms with van der Waals surface area (Å²) in [6.07, 6.45) is -0.300. The Labute approximate surface area is 172 Å². The highest BCUT2D eigenvalue weighted by atomic mass is 35.5. The lowest BCUT2D eigenvalue weighted by atomic mass is 9.75. The lowest BCUT2D eigenvalue weighted by Gasteiger charge is -2.40. The summed E-state index contributed by atoms with van der Waals surface area (Å²) in [5.41, 5.74) is 1.32. The van der Waals surface area contributed by atoms with E-state index in [9.17, 15) is 13.2 Å². The minimum atomic E-state index is -5.08. The van der Waals surface area contributed by atoms with Gasteiger partial charge in [-0.2, -0.15) is 13.2 Å². The van der Waals surface area contributed by atoms with E-state index in [2.05, 4.69) is 18.3 Å². The van der Waals surface area contributed by atoms with Crippen molar-refractivity contribution in [1.82, 2.24) is 5.32 Å². The summed E-state index contributed by atoms with van der Waals surface area (Å²) < 4.78 is 37.2. The van der Waals surface area contributed by atoms with Crippen molar-refractivity contribution in [3.63, 3.8) is 0 Å². The molecule has 28 heavy (non-hydrogen) atoms. The first kappa shape index (κ1) is 23.3. The van der Waals surface area contributed by atoms with Gasteiger partial charge in [0.15, 0.2) is 0 Å². The zero-order valence-corrected chi connectivity index (χ0v) is 16.9. The molecule has 0 bridgehead atoms. The van der Waals surface area contributed by atoms with Crippen LogP contribution in [0.5, 0.6) is 0 Å². The molecule has 1 atom stereocenters. The Morgan fingerprint density at radius 3 is 2.29 bits per heavy atom. The number of carbonyl (C=O) groups is 1. The van der Waals surface area contributed by atoms with Gasteiger partial charge in [-0.15, -0.1) is 0 Å². The van der Waals surface area contributed by atoms with Gasteiger partial charge in [0.25, 0.3) is 0 Å². The van der Waals surface area contributed by atoms with E-state index in [1.54, 1.807) is 0 Å². The molecular weight excluding hydrogens is 418 g/mol. The Hall–Kier alpha value is -1.02. The molecule has 1 aliphatic carbocycles. The molecule has 0 amide bonds. The van der Waals surface area contributed by atoms with Crippen molar-refractivity contribution in [1.29, 1.82) is 0 Å². The zero-order valence-electron chi connectivity index (χ0n) is 15.4. The van der Waals surface area contributed by atoms with E-state index in [1.165, 1.54) is 31.2 Å². The second kappa shape index (κ2) is 10.1. The number of hydrogen-bond acceptors (Lipinski definition) is 3. The van der Waals surface area contributed by atoms with Crippen molar-refractivity contribution in [2.75, 3.05) is 13.2 Å². The van der Waals surface area contributed by atoms with Crippen LogP contribution in [0.25, 0.3) is 0 Å². The van der Waals surface area contributed by atoms with Crippen LogP contribution in [0.4, 0.5) is 13.2 Å². The first-order valence-electron chi connectivity index (χ1n) is 9.16. The highest BCUT2D eigenvalue weighted by molar-refractivity contribution is 6.42. The van der Waals surface area contributed by atoms with Crippen LogP contribution in [0.1, 0.15) is 44.1 Å². The first-order valence-corrected chi connectivity index (χ1v) is 9.92. The molecule has 0 aromatic heterocycles. The van der Waals surface area contributed by atoms with Crippen LogP contribution in [0.15, 0.2) is 18.2 Å². The van der Waals surface area contributed by atoms with E-state index in [1.807, 2.05) is 12.1 Å². The molecule has 158 valence electrons. The third-order valence-electron chi connectivity index (χ3n) is 5.27. The van der Waals surface area contributed by atoms with Crippen molar-refractivity contribution in [2.45, 2.75) is 56.8 Å². The van der Waals surface area contributed by atoms with Crippen molar-refractivity contribution in [3.05, 3.63) is 33.8 Å². The Bertz CT molecular complexity index is 660. The Balaban J connectivity index is 0.000000345. The minimum Gasteiger partial charge on any atom is -0.475 e. The fourth-order valence-corrected chi connectivity index (χ4v) is 3.82. The average molecular weight is 442 g/mol. The number of aliphatic carboxylic acids is 1. The molecule has 3 rings (SSSR count). The van der Waals surface area contributed by atoms with E-state index in [-0.39, 0.29) is 0 Å². The van der Waals surface area contributed by atoms with Gasteiger partial charge < -0.3 is 15.2 Å². The van der Waals surface area contributed by atoms with Crippen molar-refractivity contribution < 1.29 is 27.8 Å². The first-order chi connectivity index (χ1) is 13.1. The molecule has 1 saturated heterocycles. The molecule has 1 aromatic rings. The number of ether oxygens (including phenoxy) is 1. The van der Waals surface area contributed by atoms with E-state index < -0.39 is 12.1 Å². The second-order valence-corrected chi connectivity index (χ2v) is 8.06. The van der Waals surface area contributed by atoms with Crippen molar-refractivity contribution in [2.24, 2.45) is 5.92 Å². The Kier molecular flexibility index (Phi) is 8.43. The quantitative estimate of drug-likeness (QED) is 0.667. The third-order valence-corrected chi connectivity index (χ3v) is 6.01. The monoisotopic (exact) mass is 441 g/mol. The maximum absolute atomic E-state index is 10.6. The van der Waals surface area contributed by atoms with Gasteiger partial charge >= 0.3 is 12.1 Å². The number of alkyl halides is 3. The molecule has 0 radical (unpaired) electrons. The molecule has 1 aliphatic heterocycles. The van der Waals surface area contributed by atoms with Gasteiger partial charge in [0, 0.05) is 25.3 Å². The summed E-state index contributed by atoms with van der Waals surface area (Å²) in [7, 11) is 0. The minimum absolute atomic E-state index is 0.591. The molecule has 2 aliphatic rings. The van der Waals surface area contributed by atoms with Crippen LogP contribution >= 0.6 is 23.2 Å². The van der Waals surface area contributed by atoms with E-state index in [4.69, 9.17) is 37.8 Å². The van der Waals surface area contributed by atoms with Crippen LogP contribution in [-0.2, 0) is 9.53 Å². The number of rotatable bonds is 4. The van der Waals surface area contributed by atoms with Crippen LogP contribution in [-0.4, -0.2) is 42.5 Å². The average Bonchev–Trinajstić information content (AvgIpc) is 2.60. The van der Waals surface area contributed by atoms with Crippen LogP contribution in [0.2, 0.25) is 10.0 Å². The maximum atomic E-state index is 10.6. The largest absolute Gasteiger partial charge is 0.490 e. The topological polar surface area (TPSA) is 58.6 Å². The van der Waals surface area contributed by atoms with E-state index >= 15 is 0 Å². The fraction of sp³-hybridized carbons (Fsp3) is 0.632. The summed E-state index contributed by atoms with van der Waals surface area (Å²) in [5, 5.41) is 12.2. The van der Waals surface area contributed by atoms with E-state index in [0.29, 0.717) is 28.0 Å². The predicted molar refractivity (Wildman–Crippen MR) is 102 cm³/mol. The number of carboxylic acids is 1. The number of nitrogens with one attached hydrogen (secondary N) is 1. The predicted octanol–water partition coefficient (Wildman–Crippen LogP) is 5.28. The summed E-state index contributed by atoms with van der Waals surface area (Å²) in [4.78, 5) is 8.90. The molecule has 1 aromatic carbocycles. The van der Waals surface area contributed by atoms with Gasteiger partial charge in [0.2, 0.25) is 0 Å². The van der Waals surface area contributed by atoms with E-state index in [0.717, 1.165) is 19.1 Å². The Morgan fingerprint density at radius 2 is 1.79 bits per heavy atom. The lowest BCUT2D eigenvalue weighted by molar-refractivity contribution is -0.192. The normalized spacial score (nSPS) is 23.9. The Morgan fingerprint density at radius 1 is 1.21 bits per heavy atom. The summed E-state index contributed by atoms with van der Waals surface area (Å²) in [6.45, 7) is 4.17. The number of carboxylic acid groups (broad SMARTS) is 1. The second-order valence-electron chi connectivity index (χ2n) is 7.25. The van der Waals surface area contributed by atoms with Gasteiger partial charge in [0.1, 0.15) is 0 Å². The molecule has 9 heteroatoms. The summed E-state index contributed by atoms with van der Waals surface area (Å²) in [5.74, 6) is -1.37. The summed E-state index contributed by atoms with van der Waals surface area (Å²) in [6, 6.07) is 7.27. The molecule has 2 fully saturated rings. The molecule has 1 heterocycles. The molecule has 2 N–H and O–H groups in total. The maximum Gasteiger partial charge on any atom is 0.490 e. The highest BCUT2D eigenvalue weighted by Crippen LogP contribution is 2.39. The van der Waals surface area contributed by atoms with Crippen LogP contribution in [0.3, 0.4) is 0 Å². The van der Waals surface area contributed by atoms with Gasteiger partial charge in [0.05, 0.1) is 10.0 Å². The molecule has 1 saturated carbocycles. The van der Waals surface area contributed by atoms with Crippen LogP contribution in [0, 0.1) is 5.92 Å². The van der Waals surface area contributed by atoms with Crippen LogP contribution < -0.4 is 5.32 Å². The number of benzene rings is 1. The zero-order chi connectivity index (χ0) is 20.9. The molecule has 0 spiro atoms. The number of halogens is 5. The van der Waals surface area contributed by atoms with Crippen molar-refractivity contribution in [3.8, 4) is 0 Å². The molecule has 4 nitrogen and oxygen atoms in total. The summed E-state index contributed by atoms with van der Waals surface area (Å²) >= 11 is 12.1. The molecular formula is C19H24Cl2F3NO3. The SMILES string of the molecule is CC(NC1CC(c2ccc(Cl)c(Cl)c2)C1)C1CCOCC1.O=C(O)C(F)(F)F.